The number of nitrogens with zero attached hydrogens (tertiary/aromatic N) is 3. The molecular formula is C19H23N3O2. The third-order valence-electron chi connectivity index (χ3n) is 5.09. The van der Waals surface area contributed by atoms with Gasteiger partial charge in [-0.05, 0) is 43.4 Å². The van der Waals surface area contributed by atoms with Crippen molar-refractivity contribution in [3.63, 3.8) is 0 Å². The number of fused-ring (bicyclic) bond motifs is 1. The Hall–Kier alpha value is -2.14. The Morgan fingerprint density at radius 3 is 3.00 bits per heavy atom. The monoisotopic (exact) mass is 325 g/mol. The molecule has 1 saturated heterocycles. The molecule has 2 atom stereocenters. The second kappa shape index (κ2) is 6.77. The number of aromatic nitrogens is 2. The largest absolute Gasteiger partial charge is 0.374 e. The van der Waals surface area contributed by atoms with Gasteiger partial charge in [0.05, 0.1) is 30.6 Å². The van der Waals surface area contributed by atoms with E-state index in [1.54, 1.807) is 0 Å². The van der Waals surface area contributed by atoms with E-state index in [2.05, 4.69) is 10.00 Å². The van der Waals surface area contributed by atoms with Crippen LogP contribution in [0, 0.1) is 0 Å². The summed E-state index contributed by atoms with van der Waals surface area (Å²) in [5, 5.41) is 4.40. The Balaban J connectivity index is 1.37. The number of para-hydroxylation sites is 1. The number of benzene rings is 1. The number of carbonyl (C=O) groups is 1. The van der Waals surface area contributed by atoms with Crippen LogP contribution in [0.5, 0.6) is 0 Å². The normalized spacial score (nSPS) is 23.2. The van der Waals surface area contributed by atoms with Crippen molar-refractivity contribution in [3.8, 4) is 5.69 Å². The summed E-state index contributed by atoms with van der Waals surface area (Å²) in [5.74, 6) is 0.252. The first-order valence-corrected chi connectivity index (χ1v) is 8.81. The van der Waals surface area contributed by atoms with Crippen LogP contribution < -0.4 is 0 Å². The van der Waals surface area contributed by atoms with E-state index in [1.807, 2.05) is 47.4 Å². The van der Waals surface area contributed by atoms with Crippen molar-refractivity contribution in [1.82, 2.24) is 14.7 Å². The van der Waals surface area contributed by atoms with Crippen LogP contribution in [0.3, 0.4) is 0 Å². The van der Waals surface area contributed by atoms with Gasteiger partial charge in [0.2, 0.25) is 5.91 Å². The Kier molecular flexibility index (Phi) is 4.34. The summed E-state index contributed by atoms with van der Waals surface area (Å²) in [7, 11) is 0. The second-order valence-electron chi connectivity index (χ2n) is 6.62. The SMILES string of the molecule is O=C(CCc1cnn(-c2ccccc2)c1)N1CCOC2CCCC21. The number of ether oxygens (including phenoxy) is 1. The van der Waals surface area contributed by atoms with E-state index in [0.717, 1.165) is 37.1 Å². The van der Waals surface area contributed by atoms with Gasteiger partial charge in [-0.15, -0.1) is 0 Å². The first-order valence-electron chi connectivity index (χ1n) is 8.81. The standard InChI is InChI=1S/C19H23N3O2/c23-19(21-11-12-24-18-8-4-7-17(18)21)10-9-15-13-20-22(14-15)16-5-2-1-3-6-16/h1-3,5-6,13-14,17-18H,4,7-12H2. The highest BCUT2D eigenvalue weighted by Gasteiger charge is 2.37. The van der Waals surface area contributed by atoms with Crippen LogP contribution in [0.1, 0.15) is 31.2 Å². The van der Waals surface area contributed by atoms with E-state index in [9.17, 15) is 4.79 Å². The minimum absolute atomic E-state index is 0.252. The van der Waals surface area contributed by atoms with Crippen LogP contribution in [0.2, 0.25) is 0 Å². The molecule has 0 bridgehead atoms. The fraction of sp³-hybridized carbons (Fsp3) is 0.474. The summed E-state index contributed by atoms with van der Waals surface area (Å²) in [6, 6.07) is 10.3. The fourth-order valence-corrected chi connectivity index (χ4v) is 3.84. The van der Waals surface area contributed by atoms with Crippen molar-refractivity contribution in [2.75, 3.05) is 13.2 Å². The van der Waals surface area contributed by atoms with E-state index in [0.29, 0.717) is 19.1 Å². The van der Waals surface area contributed by atoms with Gasteiger partial charge >= 0.3 is 0 Å². The number of amides is 1. The number of carbonyl (C=O) groups excluding carboxylic acids is 1. The highest BCUT2D eigenvalue weighted by molar-refractivity contribution is 5.77. The molecule has 0 spiro atoms. The average Bonchev–Trinajstić information content (AvgIpc) is 3.29. The highest BCUT2D eigenvalue weighted by atomic mass is 16.5. The molecule has 4 rings (SSSR count). The summed E-state index contributed by atoms with van der Waals surface area (Å²) in [5.41, 5.74) is 2.14. The van der Waals surface area contributed by atoms with E-state index in [-0.39, 0.29) is 12.0 Å². The van der Waals surface area contributed by atoms with Crippen LogP contribution >= 0.6 is 0 Å². The van der Waals surface area contributed by atoms with Crippen molar-refractivity contribution in [1.29, 1.82) is 0 Å². The summed E-state index contributed by atoms with van der Waals surface area (Å²) >= 11 is 0. The molecule has 1 aromatic heterocycles. The van der Waals surface area contributed by atoms with Crippen LogP contribution in [-0.4, -0.2) is 45.9 Å². The number of aryl methyl sites for hydroxylation is 1. The zero-order valence-electron chi connectivity index (χ0n) is 13.8. The van der Waals surface area contributed by atoms with E-state index in [1.165, 1.54) is 6.42 Å². The Morgan fingerprint density at radius 1 is 1.25 bits per heavy atom. The Bertz CT molecular complexity index is 698. The fourth-order valence-electron chi connectivity index (χ4n) is 3.84. The van der Waals surface area contributed by atoms with E-state index in [4.69, 9.17) is 4.74 Å². The van der Waals surface area contributed by atoms with Gasteiger partial charge < -0.3 is 9.64 Å². The maximum atomic E-state index is 12.6. The van der Waals surface area contributed by atoms with Gasteiger partial charge in [-0.1, -0.05) is 18.2 Å². The van der Waals surface area contributed by atoms with Crippen molar-refractivity contribution in [3.05, 3.63) is 48.3 Å². The van der Waals surface area contributed by atoms with Crippen molar-refractivity contribution in [2.24, 2.45) is 0 Å². The summed E-state index contributed by atoms with van der Waals surface area (Å²) < 4.78 is 7.65. The summed E-state index contributed by atoms with van der Waals surface area (Å²) in [6.07, 6.45) is 8.77. The molecule has 0 N–H and O–H groups in total. The number of hydrogen-bond acceptors (Lipinski definition) is 3. The lowest BCUT2D eigenvalue weighted by Crippen LogP contribution is -2.51. The quantitative estimate of drug-likeness (QED) is 0.868. The van der Waals surface area contributed by atoms with E-state index < -0.39 is 0 Å². The zero-order chi connectivity index (χ0) is 16.4. The molecule has 5 heteroatoms. The predicted molar refractivity (Wildman–Crippen MR) is 91.0 cm³/mol. The minimum Gasteiger partial charge on any atom is -0.374 e. The first kappa shape index (κ1) is 15.4. The molecule has 5 nitrogen and oxygen atoms in total. The van der Waals surface area contributed by atoms with Crippen LogP contribution in [0.15, 0.2) is 42.7 Å². The third kappa shape index (κ3) is 3.08. The smallest absolute Gasteiger partial charge is 0.223 e. The molecule has 2 fully saturated rings. The highest BCUT2D eigenvalue weighted by Crippen LogP contribution is 2.30. The molecule has 0 radical (unpaired) electrons. The van der Waals surface area contributed by atoms with Crippen molar-refractivity contribution < 1.29 is 9.53 Å². The molecule has 1 amide bonds. The van der Waals surface area contributed by atoms with Crippen LogP contribution in [0.4, 0.5) is 0 Å². The maximum absolute atomic E-state index is 12.6. The first-order chi connectivity index (χ1) is 11.8. The molecule has 126 valence electrons. The van der Waals surface area contributed by atoms with Crippen LogP contribution in [-0.2, 0) is 16.0 Å². The lowest BCUT2D eigenvalue weighted by molar-refractivity contribution is -0.143. The van der Waals surface area contributed by atoms with Gasteiger partial charge in [0.25, 0.3) is 0 Å². The molecule has 1 aliphatic carbocycles. The molecule has 1 saturated carbocycles. The summed E-state index contributed by atoms with van der Waals surface area (Å²) in [4.78, 5) is 14.7. The van der Waals surface area contributed by atoms with Crippen molar-refractivity contribution >= 4 is 5.91 Å². The number of hydrogen-bond donors (Lipinski definition) is 0. The predicted octanol–water partition coefficient (Wildman–Crippen LogP) is 2.58. The third-order valence-corrected chi connectivity index (χ3v) is 5.09. The number of morpholine rings is 1. The lowest BCUT2D eigenvalue weighted by Gasteiger charge is -2.37. The molecule has 2 heterocycles. The molecular weight excluding hydrogens is 302 g/mol. The molecule has 1 aromatic carbocycles. The molecule has 2 aromatic rings. The Labute approximate surface area is 142 Å². The van der Waals surface area contributed by atoms with Gasteiger partial charge in [0.15, 0.2) is 0 Å². The van der Waals surface area contributed by atoms with Gasteiger partial charge in [-0.2, -0.15) is 5.10 Å². The lowest BCUT2D eigenvalue weighted by atomic mass is 10.1. The maximum Gasteiger partial charge on any atom is 0.223 e. The zero-order valence-corrected chi connectivity index (χ0v) is 13.8. The molecule has 1 aliphatic heterocycles. The average molecular weight is 325 g/mol. The summed E-state index contributed by atoms with van der Waals surface area (Å²) in [6.45, 7) is 1.42. The van der Waals surface area contributed by atoms with Gasteiger partial charge in [-0.25, -0.2) is 4.68 Å². The van der Waals surface area contributed by atoms with Gasteiger partial charge in [-0.3, -0.25) is 4.79 Å². The van der Waals surface area contributed by atoms with Gasteiger partial charge in [0, 0.05) is 19.2 Å². The minimum atomic E-state index is 0.252. The van der Waals surface area contributed by atoms with E-state index >= 15 is 0 Å². The van der Waals surface area contributed by atoms with Crippen LogP contribution in [0.25, 0.3) is 5.69 Å². The van der Waals surface area contributed by atoms with Crippen molar-refractivity contribution in [2.45, 2.75) is 44.2 Å². The number of rotatable bonds is 4. The molecule has 24 heavy (non-hydrogen) atoms. The Morgan fingerprint density at radius 2 is 2.12 bits per heavy atom. The van der Waals surface area contributed by atoms with Gasteiger partial charge in [0.1, 0.15) is 0 Å². The topological polar surface area (TPSA) is 47.4 Å². The second-order valence-corrected chi connectivity index (χ2v) is 6.62. The molecule has 2 aliphatic rings. The molecule has 2 unspecified atom stereocenters.